The molecule has 8 nitrogen and oxygen atoms in total. The number of amides is 1. The van der Waals surface area contributed by atoms with E-state index >= 15 is 0 Å². The van der Waals surface area contributed by atoms with Crippen molar-refractivity contribution in [3.05, 3.63) is 83.8 Å². The van der Waals surface area contributed by atoms with E-state index in [-0.39, 0.29) is 17.1 Å². The van der Waals surface area contributed by atoms with Crippen molar-refractivity contribution < 1.29 is 18.7 Å². The van der Waals surface area contributed by atoms with Gasteiger partial charge in [-0.25, -0.2) is 4.79 Å². The Hall–Kier alpha value is -3.85. The van der Waals surface area contributed by atoms with Gasteiger partial charge in [-0.15, -0.1) is 10.2 Å². The van der Waals surface area contributed by atoms with Crippen LogP contribution in [-0.4, -0.2) is 39.5 Å². The number of ether oxygens (including phenoxy) is 1. The van der Waals surface area contributed by atoms with Crippen LogP contribution in [-0.2, 0) is 21.5 Å². The number of nitrogens with one attached hydrogen (secondary N) is 1. The average Bonchev–Trinajstić information content (AvgIpc) is 3.53. The number of benzene rings is 2. The Morgan fingerprint density at radius 2 is 1.75 bits per heavy atom. The molecule has 0 aliphatic rings. The van der Waals surface area contributed by atoms with Crippen molar-refractivity contribution in [1.82, 2.24) is 14.8 Å². The number of hydrogen-bond donors (Lipinski definition) is 1. The summed E-state index contributed by atoms with van der Waals surface area (Å²) in [5.74, 6) is 0.975. The standard InChI is InChI=1S/C27H28N4O4S/c1-27(2,3)20-11-7-18(8-12-20)24-29-30-26(31(24)16-22-6-5-15-35-22)36-17-23(32)28-21-13-9-19(10-14-21)25(33)34-4/h5-15H,16-17H2,1-4H3,(H,28,32). The number of methoxy groups -OCH3 is 1. The van der Waals surface area contributed by atoms with Crippen LogP contribution in [0.4, 0.5) is 5.69 Å². The molecule has 1 N–H and O–H groups in total. The van der Waals surface area contributed by atoms with Gasteiger partial charge in [0.1, 0.15) is 5.76 Å². The van der Waals surface area contributed by atoms with Gasteiger partial charge < -0.3 is 14.5 Å². The number of carbonyl (C=O) groups is 2. The summed E-state index contributed by atoms with van der Waals surface area (Å²) < 4.78 is 12.2. The third-order valence-corrected chi connectivity index (χ3v) is 6.51. The van der Waals surface area contributed by atoms with Crippen LogP contribution in [0.5, 0.6) is 0 Å². The van der Waals surface area contributed by atoms with Crippen molar-refractivity contribution in [2.24, 2.45) is 0 Å². The minimum atomic E-state index is -0.428. The summed E-state index contributed by atoms with van der Waals surface area (Å²) in [6, 6.07) is 18.6. The molecule has 0 radical (unpaired) electrons. The van der Waals surface area contributed by atoms with E-state index < -0.39 is 5.97 Å². The molecule has 0 aliphatic heterocycles. The largest absolute Gasteiger partial charge is 0.467 e. The minimum absolute atomic E-state index is 0.0500. The van der Waals surface area contributed by atoms with Crippen molar-refractivity contribution in [3.8, 4) is 11.4 Å². The van der Waals surface area contributed by atoms with E-state index in [1.54, 1.807) is 30.5 Å². The highest BCUT2D eigenvalue weighted by Crippen LogP contribution is 2.28. The van der Waals surface area contributed by atoms with Crippen LogP contribution in [0.3, 0.4) is 0 Å². The molecule has 0 fully saturated rings. The summed E-state index contributed by atoms with van der Waals surface area (Å²) >= 11 is 1.29. The molecule has 2 heterocycles. The number of rotatable bonds is 8. The van der Waals surface area contributed by atoms with E-state index in [0.717, 1.165) is 11.3 Å². The second-order valence-corrected chi connectivity index (χ2v) is 10.1. The fraction of sp³-hybridized carbons (Fsp3) is 0.259. The van der Waals surface area contributed by atoms with Crippen LogP contribution in [0.25, 0.3) is 11.4 Å². The predicted octanol–water partition coefficient (Wildman–Crippen LogP) is 5.40. The second kappa shape index (κ2) is 10.8. The lowest BCUT2D eigenvalue weighted by Crippen LogP contribution is -2.15. The highest BCUT2D eigenvalue weighted by atomic mass is 32.2. The third-order valence-electron chi connectivity index (χ3n) is 5.54. The average molecular weight is 505 g/mol. The molecule has 1 amide bonds. The molecule has 0 bridgehead atoms. The lowest BCUT2D eigenvalue weighted by atomic mass is 9.87. The molecule has 0 aliphatic carbocycles. The van der Waals surface area contributed by atoms with Gasteiger partial charge in [0.05, 0.1) is 31.2 Å². The number of hydrogen-bond acceptors (Lipinski definition) is 7. The van der Waals surface area contributed by atoms with Crippen molar-refractivity contribution >= 4 is 29.3 Å². The van der Waals surface area contributed by atoms with E-state index in [2.05, 4.69) is 48.4 Å². The fourth-order valence-electron chi connectivity index (χ4n) is 3.56. The maximum absolute atomic E-state index is 12.6. The van der Waals surface area contributed by atoms with Crippen molar-refractivity contribution in [1.29, 1.82) is 0 Å². The quantitative estimate of drug-likeness (QED) is 0.253. The van der Waals surface area contributed by atoms with E-state index in [1.807, 2.05) is 28.8 Å². The molecule has 0 saturated carbocycles. The van der Waals surface area contributed by atoms with Crippen LogP contribution in [0, 0.1) is 0 Å². The Balaban J connectivity index is 1.50. The molecular weight excluding hydrogens is 476 g/mol. The van der Waals surface area contributed by atoms with Gasteiger partial charge in [-0.2, -0.15) is 0 Å². The molecule has 0 unspecified atom stereocenters. The van der Waals surface area contributed by atoms with Crippen molar-refractivity contribution in [2.45, 2.75) is 37.9 Å². The summed E-state index contributed by atoms with van der Waals surface area (Å²) in [6.45, 7) is 6.97. The first-order chi connectivity index (χ1) is 17.2. The van der Waals surface area contributed by atoms with Gasteiger partial charge in [-0.05, 0) is 47.4 Å². The normalized spacial score (nSPS) is 11.3. The number of furan rings is 1. The lowest BCUT2D eigenvalue weighted by molar-refractivity contribution is -0.113. The summed E-state index contributed by atoms with van der Waals surface area (Å²) in [5, 5.41) is 12.2. The molecule has 0 atom stereocenters. The highest BCUT2D eigenvalue weighted by Gasteiger charge is 2.19. The van der Waals surface area contributed by atoms with Gasteiger partial charge in [0, 0.05) is 11.3 Å². The number of nitrogens with zero attached hydrogens (tertiary/aromatic N) is 3. The van der Waals surface area contributed by atoms with E-state index in [4.69, 9.17) is 9.15 Å². The second-order valence-electron chi connectivity index (χ2n) is 9.20. The molecule has 2 aromatic carbocycles. The van der Waals surface area contributed by atoms with Crippen LogP contribution in [0.2, 0.25) is 0 Å². The lowest BCUT2D eigenvalue weighted by Gasteiger charge is -2.19. The number of esters is 1. The van der Waals surface area contributed by atoms with Gasteiger partial charge in [0.2, 0.25) is 5.91 Å². The Morgan fingerprint density at radius 1 is 1.03 bits per heavy atom. The zero-order chi connectivity index (χ0) is 25.7. The van der Waals surface area contributed by atoms with Gasteiger partial charge >= 0.3 is 5.97 Å². The molecule has 9 heteroatoms. The molecule has 4 aromatic rings. The van der Waals surface area contributed by atoms with Gasteiger partial charge in [-0.3, -0.25) is 9.36 Å². The minimum Gasteiger partial charge on any atom is -0.467 e. The van der Waals surface area contributed by atoms with E-state index in [9.17, 15) is 9.59 Å². The number of anilines is 1. The molecule has 0 spiro atoms. The zero-order valence-corrected chi connectivity index (χ0v) is 21.5. The molecule has 0 saturated heterocycles. The maximum atomic E-state index is 12.6. The van der Waals surface area contributed by atoms with Gasteiger partial charge in [0.15, 0.2) is 11.0 Å². The predicted molar refractivity (Wildman–Crippen MR) is 139 cm³/mol. The summed E-state index contributed by atoms with van der Waals surface area (Å²) in [6.07, 6.45) is 1.63. The highest BCUT2D eigenvalue weighted by molar-refractivity contribution is 7.99. The Bertz CT molecular complexity index is 1320. The molecule has 186 valence electrons. The zero-order valence-electron chi connectivity index (χ0n) is 20.6. The smallest absolute Gasteiger partial charge is 0.337 e. The van der Waals surface area contributed by atoms with Crippen molar-refractivity contribution in [3.63, 3.8) is 0 Å². The van der Waals surface area contributed by atoms with Crippen molar-refractivity contribution in [2.75, 3.05) is 18.2 Å². The van der Waals surface area contributed by atoms with Gasteiger partial charge in [0.25, 0.3) is 0 Å². The third kappa shape index (κ3) is 6.04. The van der Waals surface area contributed by atoms with E-state index in [0.29, 0.717) is 28.8 Å². The Kier molecular flexibility index (Phi) is 7.59. The summed E-state index contributed by atoms with van der Waals surface area (Å²) in [7, 11) is 1.33. The summed E-state index contributed by atoms with van der Waals surface area (Å²) in [4.78, 5) is 24.2. The van der Waals surface area contributed by atoms with Gasteiger partial charge in [-0.1, -0.05) is 56.8 Å². The summed E-state index contributed by atoms with van der Waals surface area (Å²) in [5.41, 5.74) is 3.22. The van der Waals surface area contributed by atoms with Crippen LogP contribution in [0.15, 0.2) is 76.5 Å². The number of thioether (sulfide) groups is 1. The van der Waals surface area contributed by atoms with Crippen LogP contribution < -0.4 is 5.32 Å². The molecule has 36 heavy (non-hydrogen) atoms. The SMILES string of the molecule is COC(=O)c1ccc(NC(=O)CSc2nnc(-c3ccc(C(C)(C)C)cc3)n2Cc2ccco2)cc1. The number of aromatic nitrogens is 3. The fourth-order valence-corrected chi connectivity index (χ4v) is 4.30. The monoisotopic (exact) mass is 504 g/mol. The molecule has 4 rings (SSSR count). The topological polar surface area (TPSA) is 99.2 Å². The first-order valence-electron chi connectivity index (χ1n) is 11.4. The van der Waals surface area contributed by atoms with Crippen LogP contribution >= 0.6 is 11.8 Å². The van der Waals surface area contributed by atoms with Crippen LogP contribution in [0.1, 0.15) is 42.5 Å². The molecular formula is C27H28N4O4S. The first-order valence-corrected chi connectivity index (χ1v) is 12.4. The Morgan fingerprint density at radius 3 is 2.36 bits per heavy atom. The van der Waals surface area contributed by atoms with E-state index in [1.165, 1.54) is 24.4 Å². The maximum Gasteiger partial charge on any atom is 0.337 e. The molecule has 2 aromatic heterocycles. The first kappa shape index (κ1) is 25.2. The number of carbonyl (C=O) groups excluding carboxylic acids is 2. The Labute approximate surface area is 214 Å².